The fourth-order valence-electron chi connectivity index (χ4n) is 19.1. The van der Waals surface area contributed by atoms with Gasteiger partial charge in [0, 0.05) is 50.8 Å². The summed E-state index contributed by atoms with van der Waals surface area (Å²) >= 11 is 0. The van der Waals surface area contributed by atoms with E-state index < -0.39 is 16.2 Å². The second-order valence-electron chi connectivity index (χ2n) is 28.7. The SMILES string of the molecule is Cc1ccc2c(c1)C(c1ccccc1)(c1ccccc1)c1cc(N(c3ccc(-c4ccc(N(c5ccc6c(c5)oc5ccccc56)c5cccc6c5-c5ccccc5C65c6ccccc6-c6ccccc65)cc4)cc3)c3ccc4c(c3)C(c3ccccc3)(c3ccccc3)c3cc(C)ccc3-4)ccc1-2. The highest BCUT2D eigenvalue weighted by atomic mass is 16.3. The van der Waals surface area contributed by atoms with Gasteiger partial charge in [-0.1, -0.05) is 308 Å². The first-order chi connectivity index (χ1) is 51.4. The zero-order valence-electron chi connectivity index (χ0n) is 57.6. The van der Waals surface area contributed by atoms with Crippen molar-refractivity contribution in [2.45, 2.75) is 30.1 Å². The first kappa shape index (κ1) is 59.8. The molecule has 0 radical (unpaired) electrons. The summed E-state index contributed by atoms with van der Waals surface area (Å²) in [6.45, 7) is 4.45. The molecule has 0 atom stereocenters. The number of hydrogen-bond donors (Lipinski definition) is 0. The Bertz CT molecular complexity index is 6000. The average molecular weight is 1330 g/mol. The Morgan fingerprint density at radius 3 is 1.08 bits per heavy atom. The van der Waals surface area contributed by atoms with E-state index in [4.69, 9.17) is 4.42 Å². The lowest BCUT2D eigenvalue weighted by Gasteiger charge is -2.36. The molecular weight excluding hydrogens is 1260 g/mol. The van der Waals surface area contributed by atoms with Crippen LogP contribution in [0.4, 0.5) is 34.1 Å². The highest BCUT2D eigenvalue weighted by Crippen LogP contribution is 2.66. The molecule has 1 spiro atoms. The van der Waals surface area contributed by atoms with Gasteiger partial charge in [0.25, 0.3) is 0 Å². The van der Waals surface area contributed by atoms with Gasteiger partial charge in [-0.05, 0) is 203 Å². The summed E-state index contributed by atoms with van der Waals surface area (Å²) in [5, 5.41) is 2.20. The van der Waals surface area contributed by atoms with Crippen LogP contribution in [0.25, 0.3) is 77.6 Å². The highest BCUT2D eigenvalue weighted by molar-refractivity contribution is 6.07. The molecule has 0 saturated carbocycles. The maximum absolute atomic E-state index is 6.71. The van der Waals surface area contributed by atoms with Gasteiger partial charge in [-0.2, -0.15) is 0 Å². The van der Waals surface area contributed by atoms with Gasteiger partial charge in [0.1, 0.15) is 11.2 Å². The molecule has 0 unspecified atom stereocenters. The molecule has 21 rings (SSSR count). The van der Waals surface area contributed by atoms with Crippen LogP contribution in [0.1, 0.15) is 77.9 Å². The molecule has 0 N–H and O–H groups in total. The van der Waals surface area contributed by atoms with Crippen molar-refractivity contribution < 1.29 is 4.42 Å². The second kappa shape index (κ2) is 23.0. The molecule has 3 heteroatoms. The summed E-state index contributed by atoms with van der Waals surface area (Å²) in [4.78, 5) is 4.97. The Hall–Kier alpha value is -13.1. The predicted octanol–water partition coefficient (Wildman–Crippen LogP) is 25.9. The lowest BCUT2D eigenvalue weighted by molar-refractivity contribution is 0.669. The van der Waals surface area contributed by atoms with Crippen LogP contribution in [0.15, 0.2) is 381 Å². The maximum Gasteiger partial charge on any atom is 0.137 e. The number of benzene rings is 16. The van der Waals surface area contributed by atoms with Gasteiger partial charge in [-0.25, -0.2) is 0 Å². The standard InChI is InChI=1S/C101H68N2O/c1-65-42-55-80-82-57-52-75(62-93(82)99(91(80)60-65,69-24-7-3-8-25-69)70-26-9-4-10-27-70)102(76-53-58-83-81-56-43-66(2)61-92(81)100(94(83)63-76,71-28-11-5-12-29-71)72-30-13-6-14-31-72)73-48-44-67(45-49-73)68-46-50-74(51-47-68)103(77-54-59-85-84-34-18-22-41-96(84)104-97(85)64-77)95-40-23-39-90-98(95)86-35-17-21-38-89(86)101(90)87-36-19-15-32-78(87)79-33-16-20-37-88(79)101/h3-64H,1-2H3. The number of para-hydroxylation sites is 1. The molecule has 0 aliphatic heterocycles. The molecule has 0 amide bonds. The van der Waals surface area contributed by atoms with E-state index in [0.29, 0.717) is 0 Å². The Labute approximate surface area is 606 Å². The summed E-state index contributed by atoms with van der Waals surface area (Å²) in [7, 11) is 0. The molecule has 104 heavy (non-hydrogen) atoms. The first-order valence-electron chi connectivity index (χ1n) is 36.3. The van der Waals surface area contributed by atoms with E-state index in [9.17, 15) is 0 Å². The zero-order chi connectivity index (χ0) is 68.8. The molecule has 4 aliphatic carbocycles. The predicted molar refractivity (Wildman–Crippen MR) is 429 cm³/mol. The Balaban J connectivity index is 0.737. The highest BCUT2D eigenvalue weighted by Gasteiger charge is 2.53. The normalized spacial score (nSPS) is 13.9. The monoisotopic (exact) mass is 1320 g/mol. The number of hydrogen-bond acceptors (Lipinski definition) is 3. The van der Waals surface area contributed by atoms with Gasteiger partial charge < -0.3 is 14.2 Å². The van der Waals surface area contributed by atoms with Crippen molar-refractivity contribution in [3.05, 3.63) is 454 Å². The molecule has 17 aromatic rings. The minimum absolute atomic E-state index is 0.504. The number of aryl methyl sites for hydroxylation is 2. The zero-order valence-corrected chi connectivity index (χ0v) is 57.6. The molecular formula is C101H68N2O. The summed E-state index contributed by atoms with van der Waals surface area (Å²) in [5.41, 5.74) is 36.4. The summed E-state index contributed by atoms with van der Waals surface area (Å²) < 4.78 is 6.71. The topological polar surface area (TPSA) is 19.6 Å². The van der Waals surface area contributed by atoms with Gasteiger partial charge in [0.2, 0.25) is 0 Å². The molecule has 1 heterocycles. The third-order valence-corrected chi connectivity index (χ3v) is 23.3. The largest absolute Gasteiger partial charge is 0.456 e. The molecule has 3 nitrogen and oxygen atoms in total. The van der Waals surface area contributed by atoms with Crippen molar-refractivity contribution in [1.29, 1.82) is 0 Å². The molecule has 0 fully saturated rings. The van der Waals surface area contributed by atoms with Crippen molar-refractivity contribution in [3.63, 3.8) is 0 Å². The Kier molecular flexibility index (Phi) is 13.2. The molecule has 0 saturated heterocycles. The van der Waals surface area contributed by atoms with Crippen LogP contribution in [0.2, 0.25) is 0 Å². The Morgan fingerprint density at radius 2 is 0.577 bits per heavy atom. The Morgan fingerprint density at radius 1 is 0.221 bits per heavy atom. The van der Waals surface area contributed by atoms with Crippen molar-refractivity contribution in [3.8, 4) is 55.6 Å². The summed E-state index contributed by atoms with van der Waals surface area (Å²) in [5.74, 6) is 0. The van der Waals surface area contributed by atoms with Crippen LogP contribution in [-0.2, 0) is 16.2 Å². The molecule has 1 aromatic heterocycles. The number of rotatable bonds is 11. The van der Waals surface area contributed by atoms with Gasteiger partial charge in [-0.3, -0.25) is 0 Å². The lowest BCUT2D eigenvalue weighted by Crippen LogP contribution is -2.29. The minimum atomic E-state index is -0.610. The number of furan rings is 1. The number of fused-ring (bicyclic) bond motifs is 19. The number of nitrogens with zero attached hydrogens (tertiary/aromatic N) is 2. The number of anilines is 6. The van der Waals surface area contributed by atoms with Crippen LogP contribution in [-0.4, -0.2) is 0 Å². The fourth-order valence-corrected chi connectivity index (χ4v) is 19.1. The smallest absolute Gasteiger partial charge is 0.137 e. The van der Waals surface area contributed by atoms with E-state index in [1.165, 1.54) is 122 Å². The third-order valence-electron chi connectivity index (χ3n) is 23.3. The quantitative estimate of drug-likeness (QED) is 0.129. The van der Waals surface area contributed by atoms with Gasteiger partial charge in [-0.15, -0.1) is 0 Å². The van der Waals surface area contributed by atoms with Crippen molar-refractivity contribution >= 4 is 56.1 Å². The first-order valence-corrected chi connectivity index (χ1v) is 36.3. The third kappa shape index (κ3) is 8.41. The summed E-state index contributed by atoms with van der Waals surface area (Å²) in [6.07, 6.45) is 0. The van der Waals surface area contributed by atoms with E-state index >= 15 is 0 Å². The van der Waals surface area contributed by atoms with E-state index in [0.717, 1.165) is 67.2 Å². The van der Waals surface area contributed by atoms with E-state index in [-0.39, 0.29) is 0 Å². The molecule has 488 valence electrons. The minimum Gasteiger partial charge on any atom is -0.456 e. The van der Waals surface area contributed by atoms with Crippen molar-refractivity contribution in [2.24, 2.45) is 0 Å². The van der Waals surface area contributed by atoms with Crippen LogP contribution in [0.3, 0.4) is 0 Å². The molecule has 0 bridgehead atoms. The van der Waals surface area contributed by atoms with Crippen molar-refractivity contribution in [1.82, 2.24) is 0 Å². The average Bonchev–Trinajstić information content (AvgIpc) is 1.53. The van der Waals surface area contributed by atoms with Crippen LogP contribution in [0, 0.1) is 13.8 Å². The summed E-state index contributed by atoms with van der Waals surface area (Å²) in [6, 6.07) is 141. The van der Waals surface area contributed by atoms with Gasteiger partial charge in [0.05, 0.1) is 21.9 Å². The molecule has 16 aromatic carbocycles. The van der Waals surface area contributed by atoms with Crippen molar-refractivity contribution in [2.75, 3.05) is 9.80 Å². The van der Waals surface area contributed by atoms with E-state index in [1.54, 1.807) is 0 Å². The fraction of sp³-hybridized carbons (Fsp3) is 0.0495. The maximum atomic E-state index is 6.71. The second-order valence-corrected chi connectivity index (χ2v) is 28.7. The lowest BCUT2D eigenvalue weighted by atomic mass is 9.67. The van der Waals surface area contributed by atoms with Crippen LogP contribution in [0.5, 0.6) is 0 Å². The van der Waals surface area contributed by atoms with Gasteiger partial charge >= 0.3 is 0 Å². The van der Waals surface area contributed by atoms with Crippen LogP contribution >= 0.6 is 0 Å². The molecule has 4 aliphatic rings. The van der Waals surface area contributed by atoms with Crippen LogP contribution < -0.4 is 9.80 Å². The van der Waals surface area contributed by atoms with E-state index in [1.807, 2.05) is 0 Å². The van der Waals surface area contributed by atoms with E-state index in [2.05, 4.69) is 400 Å². The van der Waals surface area contributed by atoms with Gasteiger partial charge in [0.15, 0.2) is 0 Å².